The normalized spacial score (nSPS) is 26.2. The summed E-state index contributed by atoms with van der Waals surface area (Å²) in [6.45, 7) is 5.38. The van der Waals surface area contributed by atoms with Gasteiger partial charge in [-0.2, -0.15) is 5.26 Å². The van der Waals surface area contributed by atoms with Gasteiger partial charge in [0.05, 0.1) is 6.07 Å². The van der Waals surface area contributed by atoms with Crippen LogP contribution in [-0.4, -0.2) is 36.1 Å². The second kappa shape index (κ2) is 5.42. The van der Waals surface area contributed by atoms with Crippen LogP contribution in [0.4, 0.5) is 0 Å². The maximum absolute atomic E-state index is 9.78. The lowest BCUT2D eigenvalue weighted by atomic mass is 9.93. The molecule has 0 aromatic heterocycles. The van der Waals surface area contributed by atoms with E-state index in [2.05, 4.69) is 23.2 Å². The van der Waals surface area contributed by atoms with Crippen LogP contribution in [0.25, 0.3) is 0 Å². The van der Waals surface area contributed by atoms with Crippen molar-refractivity contribution in [3.05, 3.63) is 0 Å². The first-order valence-electron chi connectivity index (χ1n) is 8.17. The van der Waals surface area contributed by atoms with Crippen LogP contribution < -0.4 is 5.32 Å². The number of nitriles is 1. The zero-order valence-corrected chi connectivity index (χ0v) is 12.2. The second-order valence-electron chi connectivity index (χ2n) is 6.89. The lowest BCUT2D eigenvalue weighted by molar-refractivity contribution is 0.181. The maximum Gasteiger partial charge on any atom is 0.122 e. The Bertz CT molecular complexity index is 349. The zero-order chi connectivity index (χ0) is 13.3. The number of hydrogen-bond acceptors (Lipinski definition) is 3. The van der Waals surface area contributed by atoms with Crippen molar-refractivity contribution >= 4 is 0 Å². The molecular formula is C16H27N3. The highest BCUT2D eigenvalue weighted by Gasteiger charge is 2.48. The summed E-state index contributed by atoms with van der Waals surface area (Å²) < 4.78 is 0. The molecule has 3 fully saturated rings. The number of nitrogens with zero attached hydrogens (tertiary/aromatic N) is 2. The van der Waals surface area contributed by atoms with E-state index in [1.54, 1.807) is 0 Å². The summed E-state index contributed by atoms with van der Waals surface area (Å²) in [5.74, 6) is 1.53. The molecule has 0 aliphatic heterocycles. The standard InChI is InChI=1S/C16H27N3/c1-2-9-18-16(11-17,14-5-6-14)12-19(15-7-8-15)10-13-3-4-13/h13-15,18H,2-10,12H2,1H3. The molecule has 3 saturated carbocycles. The van der Waals surface area contributed by atoms with E-state index < -0.39 is 0 Å². The van der Waals surface area contributed by atoms with Crippen LogP contribution in [0.2, 0.25) is 0 Å². The smallest absolute Gasteiger partial charge is 0.122 e. The van der Waals surface area contributed by atoms with Crippen molar-refractivity contribution in [2.45, 2.75) is 63.5 Å². The van der Waals surface area contributed by atoms with Crippen LogP contribution in [0, 0.1) is 23.2 Å². The van der Waals surface area contributed by atoms with Gasteiger partial charge in [0, 0.05) is 19.1 Å². The van der Waals surface area contributed by atoms with E-state index in [-0.39, 0.29) is 5.54 Å². The lowest BCUT2D eigenvalue weighted by Gasteiger charge is -2.34. The summed E-state index contributed by atoms with van der Waals surface area (Å²) in [4.78, 5) is 2.64. The lowest BCUT2D eigenvalue weighted by Crippen LogP contribution is -2.55. The minimum Gasteiger partial charge on any atom is -0.298 e. The van der Waals surface area contributed by atoms with Gasteiger partial charge in [-0.05, 0) is 63.3 Å². The molecule has 0 amide bonds. The third kappa shape index (κ3) is 3.30. The number of nitrogens with one attached hydrogen (secondary N) is 1. The molecule has 1 unspecified atom stereocenters. The van der Waals surface area contributed by atoms with Crippen molar-refractivity contribution in [3.63, 3.8) is 0 Å². The topological polar surface area (TPSA) is 39.1 Å². The Morgan fingerprint density at radius 3 is 2.42 bits per heavy atom. The van der Waals surface area contributed by atoms with E-state index in [1.165, 1.54) is 45.1 Å². The van der Waals surface area contributed by atoms with Crippen LogP contribution in [0.15, 0.2) is 0 Å². The molecule has 3 rings (SSSR count). The van der Waals surface area contributed by atoms with Gasteiger partial charge in [-0.25, -0.2) is 0 Å². The first-order valence-corrected chi connectivity index (χ1v) is 8.17. The van der Waals surface area contributed by atoms with Gasteiger partial charge in [0.1, 0.15) is 5.54 Å². The van der Waals surface area contributed by atoms with E-state index in [9.17, 15) is 5.26 Å². The maximum atomic E-state index is 9.78. The Hall–Kier alpha value is -0.590. The van der Waals surface area contributed by atoms with Crippen molar-refractivity contribution < 1.29 is 0 Å². The third-order valence-electron chi connectivity index (χ3n) is 4.87. The molecule has 19 heavy (non-hydrogen) atoms. The van der Waals surface area contributed by atoms with Gasteiger partial charge in [-0.3, -0.25) is 10.2 Å². The molecule has 0 spiro atoms. The van der Waals surface area contributed by atoms with Gasteiger partial charge in [0.15, 0.2) is 0 Å². The minimum absolute atomic E-state index is 0.256. The molecule has 1 atom stereocenters. The second-order valence-corrected chi connectivity index (χ2v) is 6.89. The number of rotatable bonds is 9. The Morgan fingerprint density at radius 2 is 1.95 bits per heavy atom. The van der Waals surface area contributed by atoms with Gasteiger partial charge in [0.25, 0.3) is 0 Å². The largest absolute Gasteiger partial charge is 0.298 e. The average Bonchev–Trinajstić information content (AvgIpc) is 3.30. The van der Waals surface area contributed by atoms with Crippen molar-refractivity contribution in [2.75, 3.05) is 19.6 Å². The predicted octanol–water partition coefficient (Wildman–Crippen LogP) is 2.53. The van der Waals surface area contributed by atoms with Gasteiger partial charge < -0.3 is 0 Å². The molecule has 3 nitrogen and oxygen atoms in total. The fourth-order valence-corrected chi connectivity index (χ4v) is 3.15. The van der Waals surface area contributed by atoms with Crippen LogP contribution in [0.1, 0.15) is 51.9 Å². The molecule has 0 bridgehead atoms. The van der Waals surface area contributed by atoms with Crippen molar-refractivity contribution in [1.82, 2.24) is 10.2 Å². The van der Waals surface area contributed by atoms with Crippen LogP contribution in [0.3, 0.4) is 0 Å². The molecule has 0 aromatic carbocycles. The quantitative estimate of drug-likeness (QED) is 0.693. The molecule has 3 heteroatoms. The molecule has 0 aromatic rings. The van der Waals surface area contributed by atoms with Crippen LogP contribution in [-0.2, 0) is 0 Å². The average molecular weight is 261 g/mol. The van der Waals surface area contributed by atoms with Crippen LogP contribution in [0.5, 0.6) is 0 Å². The molecule has 1 N–H and O–H groups in total. The Morgan fingerprint density at radius 1 is 1.21 bits per heavy atom. The van der Waals surface area contributed by atoms with Crippen molar-refractivity contribution in [2.24, 2.45) is 11.8 Å². The Kier molecular flexibility index (Phi) is 3.82. The van der Waals surface area contributed by atoms with Crippen LogP contribution >= 0.6 is 0 Å². The van der Waals surface area contributed by atoms with E-state index in [1.807, 2.05) is 0 Å². The highest BCUT2D eigenvalue weighted by Crippen LogP contribution is 2.42. The summed E-state index contributed by atoms with van der Waals surface area (Å²) in [5.41, 5.74) is -0.256. The minimum atomic E-state index is -0.256. The summed E-state index contributed by atoms with van der Waals surface area (Å²) in [5, 5.41) is 13.4. The van der Waals surface area contributed by atoms with Gasteiger partial charge >= 0.3 is 0 Å². The predicted molar refractivity (Wildman–Crippen MR) is 76.7 cm³/mol. The summed E-state index contributed by atoms with van der Waals surface area (Å²) in [6, 6.07) is 3.45. The Labute approximate surface area is 117 Å². The van der Waals surface area contributed by atoms with E-state index in [4.69, 9.17) is 0 Å². The molecule has 0 saturated heterocycles. The monoisotopic (exact) mass is 261 g/mol. The molecule has 0 heterocycles. The molecule has 0 radical (unpaired) electrons. The fraction of sp³-hybridized carbons (Fsp3) is 0.938. The van der Waals surface area contributed by atoms with Gasteiger partial charge in [-0.1, -0.05) is 6.92 Å². The SMILES string of the molecule is CCCNC(C#N)(CN(CC1CC1)C1CC1)C1CC1. The van der Waals surface area contributed by atoms with Crippen molar-refractivity contribution in [1.29, 1.82) is 5.26 Å². The summed E-state index contributed by atoms with van der Waals surface area (Å²) >= 11 is 0. The summed E-state index contributed by atoms with van der Waals surface area (Å²) in [7, 11) is 0. The van der Waals surface area contributed by atoms with E-state index in [0.29, 0.717) is 5.92 Å². The molecule has 106 valence electrons. The first kappa shape index (κ1) is 13.4. The van der Waals surface area contributed by atoms with E-state index in [0.717, 1.165) is 31.5 Å². The van der Waals surface area contributed by atoms with Crippen molar-refractivity contribution in [3.8, 4) is 6.07 Å². The fourth-order valence-electron chi connectivity index (χ4n) is 3.15. The zero-order valence-electron chi connectivity index (χ0n) is 12.2. The molecule has 3 aliphatic rings. The molecular weight excluding hydrogens is 234 g/mol. The highest BCUT2D eigenvalue weighted by molar-refractivity contribution is 5.17. The Balaban J connectivity index is 1.65. The highest BCUT2D eigenvalue weighted by atomic mass is 15.2. The summed E-state index contributed by atoms with van der Waals surface area (Å²) in [6.07, 6.45) is 9.13. The third-order valence-corrected chi connectivity index (χ3v) is 4.87. The first-order chi connectivity index (χ1) is 9.27. The van der Waals surface area contributed by atoms with Gasteiger partial charge in [-0.15, -0.1) is 0 Å². The molecule has 3 aliphatic carbocycles. The van der Waals surface area contributed by atoms with Gasteiger partial charge in [0.2, 0.25) is 0 Å². The number of hydrogen-bond donors (Lipinski definition) is 1. The van der Waals surface area contributed by atoms with E-state index >= 15 is 0 Å².